The van der Waals surface area contributed by atoms with E-state index in [9.17, 15) is 13.2 Å². The highest BCUT2D eigenvalue weighted by atomic mass is 32.2. The summed E-state index contributed by atoms with van der Waals surface area (Å²) >= 11 is 0. The van der Waals surface area contributed by atoms with Crippen LogP contribution in [0.15, 0.2) is 29.2 Å². The molecule has 0 N–H and O–H groups in total. The summed E-state index contributed by atoms with van der Waals surface area (Å²) in [4.78, 5) is 12.3. The highest BCUT2D eigenvalue weighted by Gasteiger charge is 2.29. The predicted molar refractivity (Wildman–Crippen MR) is 109 cm³/mol. The lowest BCUT2D eigenvalue weighted by Crippen LogP contribution is -2.40. The summed E-state index contributed by atoms with van der Waals surface area (Å²) in [6.07, 6.45) is 9.28. The third-order valence-corrected chi connectivity index (χ3v) is 7.19. The van der Waals surface area contributed by atoms with Crippen LogP contribution in [0.25, 0.3) is 6.08 Å². The molecule has 0 unspecified atom stereocenters. The molecule has 0 spiro atoms. The van der Waals surface area contributed by atoms with Gasteiger partial charge in [-0.3, -0.25) is 0 Å². The van der Waals surface area contributed by atoms with E-state index in [2.05, 4.69) is 0 Å². The Morgan fingerprint density at radius 1 is 1.14 bits per heavy atom. The van der Waals surface area contributed by atoms with Gasteiger partial charge in [0.15, 0.2) is 0 Å². The molecule has 7 nitrogen and oxygen atoms in total. The molecule has 1 heterocycles. The summed E-state index contributed by atoms with van der Waals surface area (Å²) in [5.74, 6) is -0.125. The molecular weight excluding hydrogens is 394 g/mol. The van der Waals surface area contributed by atoms with Crippen molar-refractivity contribution in [1.82, 2.24) is 4.31 Å². The molecule has 0 atom stereocenters. The van der Waals surface area contributed by atoms with Crippen LogP contribution in [0.2, 0.25) is 0 Å². The smallest absolute Gasteiger partial charge is 0.331 e. The van der Waals surface area contributed by atoms with Crippen LogP contribution in [-0.4, -0.2) is 58.2 Å². The third kappa shape index (κ3) is 5.81. The molecule has 8 heteroatoms. The van der Waals surface area contributed by atoms with E-state index < -0.39 is 16.0 Å². The van der Waals surface area contributed by atoms with E-state index in [1.54, 1.807) is 18.2 Å². The summed E-state index contributed by atoms with van der Waals surface area (Å²) < 4.78 is 43.5. The fraction of sp³-hybridized carbons (Fsp3) is 0.571. The summed E-state index contributed by atoms with van der Waals surface area (Å²) in [6.45, 7) is 1.35. The quantitative estimate of drug-likeness (QED) is 0.397. The van der Waals surface area contributed by atoms with Gasteiger partial charge in [-0.1, -0.05) is 18.9 Å². The summed E-state index contributed by atoms with van der Waals surface area (Å²) in [6, 6.07) is 4.84. The van der Waals surface area contributed by atoms with Gasteiger partial charge in [0.1, 0.15) is 16.7 Å². The lowest BCUT2D eigenvalue weighted by atomic mass is 10.1. The maximum absolute atomic E-state index is 13.0. The fourth-order valence-corrected chi connectivity index (χ4v) is 5.25. The van der Waals surface area contributed by atoms with E-state index >= 15 is 0 Å². The second kappa shape index (κ2) is 10.2. The first kappa shape index (κ1) is 21.8. The van der Waals surface area contributed by atoms with Crippen LogP contribution in [-0.2, 0) is 24.3 Å². The zero-order valence-corrected chi connectivity index (χ0v) is 17.7. The monoisotopic (exact) mass is 423 g/mol. The minimum Gasteiger partial charge on any atom is -0.495 e. The van der Waals surface area contributed by atoms with Gasteiger partial charge in [0.25, 0.3) is 0 Å². The number of rotatable bonds is 6. The Morgan fingerprint density at radius 3 is 2.48 bits per heavy atom. The summed E-state index contributed by atoms with van der Waals surface area (Å²) in [7, 11) is -2.28. The number of carbonyl (C=O) groups is 1. The molecule has 0 bridgehead atoms. The van der Waals surface area contributed by atoms with Crippen LogP contribution in [0.4, 0.5) is 0 Å². The van der Waals surface area contributed by atoms with Crippen LogP contribution in [0.3, 0.4) is 0 Å². The first-order valence-corrected chi connectivity index (χ1v) is 11.6. The van der Waals surface area contributed by atoms with Crippen LogP contribution in [0.1, 0.15) is 44.1 Å². The molecule has 1 saturated heterocycles. The molecule has 0 aromatic heterocycles. The fourth-order valence-electron chi connectivity index (χ4n) is 3.65. The van der Waals surface area contributed by atoms with Gasteiger partial charge in [0.05, 0.1) is 20.3 Å². The molecule has 0 amide bonds. The van der Waals surface area contributed by atoms with Crippen LogP contribution in [0.5, 0.6) is 5.75 Å². The molecule has 3 rings (SSSR count). The number of ether oxygens (including phenoxy) is 3. The molecule has 1 aliphatic heterocycles. The number of sulfonamides is 1. The molecule has 160 valence electrons. The number of methoxy groups -OCH3 is 1. The van der Waals surface area contributed by atoms with Crippen LogP contribution >= 0.6 is 0 Å². The van der Waals surface area contributed by atoms with E-state index in [0.717, 1.165) is 25.7 Å². The topological polar surface area (TPSA) is 82.1 Å². The van der Waals surface area contributed by atoms with Gasteiger partial charge in [-0.25, -0.2) is 13.2 Å². The van der Waals surface area contributed by atoms with Crippen molar-refractivity contribution >= 4 is 22.1 Å². The van der Waals surface area contributed by atoms with Gasteiger partial charge in [-0.05, 0) is 49.5 Å². The Labute approximate surface area is 172 Å². The van der Waals surface area contributed by atoms with E-state index in [1.165, 1.54) is 36.4 Å². The number of hydrogen-bond acceptors (Lipinski definition) is 6. The molecule has 0 radical (unpaired) electrons. The van der Waals surface area contributed by atoms with Gasteiger partial charge in [-0.15, -0.1) is 0 Å². The molecular formula is C21H29NO6S. The SMILES string of the molecule is COc1ccc(/C=C/C(=O)OC2CCCCCC2)cc1S(=O)(=O)N1CCOCC1. The lowest BCUT2D eigenvalue weighted by molar-refractivity contribution is -0.143. The van der Waals surface area contributed by atoms with Crippen LogP contribution in [0, 0.1) is 0 Å². The lowest BCUT2D eigenvalue weighted by Gasteiger charge is -2.26. The van der Waals surface area contributed by atoms with Gasteiger partial charge >= 0.3 is 5.97 Å². The van der Waals surface area contributed by atoms with Gasteiger partial charge in [0, 0.05) is 19.2 Å². The Balaban J connectivity index is 1.73. The molecule has 1 aliphatic carbocycles. The number of carbonyl (C=O) groups excluding carboxylic acids is 1. The molecule has 1 saturated carbocycles. The first-order valence-electron chi connectivity index (χ1n) is 10.2. The van der Waals surface area contributed by atoms with Crippen molar-refractivity contribution in [2.75, 3.05) is 33.4 Å². The summed E-state index contributed by atoms with van der Waals surface area (Å²) in [5.41, 5.74) is 0.593. The molecule has 1 aromatic carbocycles. The molecule has 2 fully saturated rings. The Morgan fingerprint density at radius 2 is 1.83 bits per heavy atom. The van der Waals surface area contributed by atoms with E-state index in [4.69, 9.17) is 14.2 Å². The Bertz CT molecular complexity index is 822. The second-order valence-electron chi connectivity index (χ2n) is 7.31. The van der Waals surface area contributed by atoms with Crippen molar-refractivity contribution in [3.05, 3.63) is 29.8 Å². The molecule has 29 heavy (non-hydrogen) atoms. The van der Waals surface area contributed by atoms with E-state index in [1.807, 2.05) is 0 Å². The number of morpholine rings is 1. The maximum Gasteiger partial charge on any atom is 0.331 e. The van der Waals surface area contributed by atoms with Gasteiger partial charge < -0.3 is 14.2 Å². The maximum atomic E-state index is 13.0. The number of benzene rings is 1. The van der Waals surface area contributed by atoms with Crippen molar-refractivity contribution in [3.8, 4) is 5.75 Å². The second-order valence-corrected chi connectivity index (χ2v) is 9.22. The van der Waals surface area contributed by atoms with Crippen molar-refractivity contribution in [2.24, 2.45) is 0 Å². The standard InChI is InChI=1S/C21H29NO6S/c1-26-19-10-8-17(9-11-21(23)28-18-6-4-2-3-5-7-18)16-20(19)29(24,25)22-12-14-27-15-13-22/h8-11,16,18H,2-7,12-15H2,1H3/b11-9+. The Kier molecular flexibility index (Phi) is 7.69. The first-order chi connectivity index (χ1) is 14.0. The van der Waals surface area contributed by atoms with Crippen molar-refractivity contribution < 1.29 is 27.4 Å². The van der Waals surface area contributed by atoms with Crippen LogP contribution < -0.4 is 4.74 Å². The van der Waals surface area contributed by atoms with Gasteiger partial charge in [0.2, 0.25) is 10.0 Å². The van der Waals surface area contributed by atoms with Crippen molar-refractivity contribution in [2.45, 2.75) is 49.5 Å². The number of esters is 1. The van der Waals surface area contributed by atoms with E-state index in [0.29, 0.717) is 31.9 Å². The highest BCUT2D eigenvalue weighted by molar-refractivity contribution is 7.89. The zero-order chi connectivity index (χ0) is 20.7. The minimum absolute atomic E-state index is 0.0252. The normalized spacial score (nSPS) is 19.8. The Hall–Kier alpha value is -1.90. The van der Waals surface area contributed by atoms with Crippen molar-refractivity contribution in [1.29, 1.82) is 0 Å². The molecule has 1 aromatic rings. The largest absolute Gasteiger partial charge is 0.495 e. The van der Waals surface area contributed by atoms with Crippen molar-refractivity contribution in [3.63, 3.8) is 0 Å². The molecule has 2 aliphatic rings. The van der Waals surface area contributed by atoms with E-state index in [-0.39, 0.29) is 16.7 Å². The highest BCUT2D eigenvalue weighted by Crippen LogP contribution is 2.29. The zero-order valence-electron chi connectivity index (χ0n) is 16.8. The average Bonchev–Trinajstić information content (AvgIpc) is 3.01. The third-order valence-electron chi connectivity index (χ3n) is 5.27. The predicted octanol–water partition coefficient (Wildman–Crippen LogP) is 3.00. The van der Waals surface area contributed by atoms with Gasteiger partial charge in [-0.2, -0.15) is 4.31 Å². The minimum atomic E-state index is -3.71. The number of nitrogens with zero attached hydrogens (tertiary/aromatic N) is 1. The average molecular weight is 424 g/mol. The summed E-state index contributed by atoms with van der Waals surface area (Å²) in [5, 5.41) is 0. The number of hydrogen-bond donors (Lipinski definition) is 0.